The summed E-state index contributed by atoms with van der Waals surface area (Å²) in [5, 5.41) is 6.08. The maximum atomic E-state index is 12.3. The van der Waals surface area contributed by atoms with Gasteiger partial charge in [0.05, 0.1) is 6.04 Å². The predicted molar refractivity (Wildman–Crippen MR) is 134 cm³/mol. The third-order valence-corrected chi connectivity index (χ3v) is 6.14. The molecule has 0 aromatic heterocycles. The largest absolute Gasteiger partial charge is 0.405 e. The fourth-order valence-electron chi connectivity index (χ4n) is 4.11. The Balaban J connectivity index is 2.14. The third kappa shape index (κ3) is 14.7. The topological polar surface area (TPSA) is 67.2 Å². The van der Waals surface area contributed by atoms with Crippen molar-refractivity contribution >= 4 is 6.03 Å². The number of nitrogens with two attached hydrogens (primary N) is 1. The molecule has 0 saturated heterocycles. The van der Waals surface area contributed by atoms with Crippen molar-refractivity contribution in [3.8, 4) is 11.8 Å². The Labute approximate surface area is 191 Å². The van der Waals surface area contributed by atoms with Gasteiger partial charge in [-0.2, -0.15) is 0 Å². The van der Waals surface area contributed by atoms with Crippen LogP contribution in [-0.4, -0.2) is 18.6 Å². The Hall–Kier alpha value is -1.89. The number of unbranched alkanes of at least 4 members (excludes halogenated alkanes) is 10. The first kappa shape index (κ1) is 27.1. The second-order valence-corrected chi connectivity index (χ2v) is 8.94. The summed E-state index contributed by atoms with van der Waals surface area (Å²) in [6.07, 6.45) is 24.9. The number of hydrogen-bond acceptors (Lipinski definition) is 2. The molecule has 0 radical (unpaired) electrons. The molecule has 0 aromatic rings. The van der Waals surface area contributed by atoms with Gasteiger partial charge in [0.25, 0.3) is 0 Å². The smallest absolute Gasteiger partial charge is 0.315 e. The second kappa shape index (κ2) is 18.8. The lowest BCUT2D eigenvalue weighted by Gasteiger charge is -2.24. The van der Waals surface area contributed by atoms with Crippen LogP contribution in [0.5, 0.6) is 0 Å². The summed E-state index contributed by atoms with van der Waals surface area (Å²) in [5.41, 5.74) is 5.63. The van der Waals surface area contributed by atoms with Crippen molar-refractivity contribution in [2.75, 3.05) is 6.54 Å². The number of carbonyl (C=O) groups excluding carboxylic acids is 1. The molecule has 31 heavy (non-hydrogen) atoms. The normalized spacial score (nSPS) is 20.3. The van der Waals surface area contributed by atoms with Crippen molar-refractivity contribution in [1.82, 2.24) is 10.6 Å². The van der Waals surface area contributed by atoms with Crippen molar-refractivity contribution < 1.29 is 4.79 Å². The number of amides is 2. The van der Waals surface area contributed by atoms with Gasteiger partial charge in [0, 0.05) is 18.9 Å². The molecule has 0 bridgehead atoms. The van der Waals surface area contributed by atoms with Crippen LogP contribution in [0.4, 0.5) is 4.79 Å². The zero-order valence-corrected chi connectivity index (χ0v) is 20.1. The zero-order chi connectivity index (χ0) is 22.6. The van der Waals surface area contributed by atoms with E-state index in [1.807, 2.05) is 6.08 Å². The highest BCUT2D eigenvalue weighted by Crippen LogP contribution is 2.23. The van der Waals surface area contributed by atoms with E-state index in [9.17, 15) is 4.79 Å². The molecule has 3 unspecified atom stereocenters. The predicted octanol–water partition coefficient (Wildman–Crippen LogP) is 6.43. The van der Waals surface area contributed by atoms with Gasteiger partial charge in [0.2, 0.25) is 0 Å². The van der Waals surface area contributed by atoms with Crippen molar-refractivity contribution in [2.24, 2.45) is 17.6 Å². The minimum Gasteiger partial charge on any atom is -0.405 e. The van der Waals surface area contributed by atoms with Crippen LogP contribution in [-0.2, 0) is 0 Å². The van der Waals surface area contributed by atoms with Gasteiger partial charge in [-0.15, -0.1) is 0 Å². The lowest BCUT2D eigenvalue weighted by Crippen LogP contribution is -2.42. The standard InChI is InChI=1S/C27H47N3O/c1-3-4-5-6-7-8-9-10-11-14-17-22-29-27(31)30-26(20-21-28)23-25-19-16-13-12-15-18-24(25)2/h13,16,20-21,24-26H,3-12,14,17,19,22-23,28H2,1-2H3,(H2,29,30,31)/b16-13-,21-20+. The van der Waals surface area contributed by atoms with Gasteiger partial charge < -0.3 is 16.4 Å². The molecule has 4 heteroatoms. The summed E-state index contributed by atoms with van der Waals surface area (Å²) < 4.78 is 0. The molecule has 0 fully saturated rings. The molecule has 4 nitrogen and oxygen atoms in total. The number of carbonyl (C=O) groups is 1. The number of allylic oxidation sites excluding steroid dienone is 2. The highest BCUT2D eigenvalue weighted by molar-refractivity contribution is 5.74. The number of nitrogens with one attached hydrogen (secondary N) is 2. The van der Waals surface area contributed by atoms with Crippen LogP contribution in [0.1, 0.15) is 104 Å². The van der Waals surface area contributed by atoms with Gasteiger partial charge in [-0.05, 0) is 37.5 Å². The van der Waals surface area contributed by atoms with Crippen molar-refractivity contribution in [2.45, 2.75) is 110 Å². The van der Waals surface area contributed by atoms with Crippen LogP contribution in [0.25, 0.3) is 0 Å². The first-order valence-corrected chi connectivity index (χ1v) is 12.7. The van der Waals surface area contributed by atoms with E-state index in [0.29, 0.717) is 11.8 Å². The summed E-state index contributed by atoms with van der Waals surface area (Å²) in [6.45, 7) is 5.17. The Morgan fingerprint density at radius 3 is 2.35 bits per heavy atom. The van der Waals surface area contributed by atoms with E-state index >= 15 is 0 Å². The van der Waals surface area contributed by atoms with E-state index in [-0.39, 0.29) is 12.1 Å². The lowest BCUT2D eigenvalue weighted by atomic mass is 9.84. The molecule has 176 valence electrons. The monoisotopic (exact) mass is 429 g/mol. The van der Waals surface area contributed by atoms with Gasteiger partial charge in [-0.25, -0.2) is 4.79 Å². The van der Waals surface area contributed by atoms with Gasteiger partial charge in [-0.1, -0.05) is 102 Å². The van der Waals surface area contributed by atoms with Gasteiger partial charge in [-0.3, -0.25) is 0 Å². The van der Waals surface area contributed by atoms with E-state index in [0.717, 1.165) is 32.2 Å². The third-order valence-electron chi connectivity index (χ3n) is 6.14. The van der Waals surface area contributed by atoms with E-state index in [4.69, 9.17) is 5.73 Å². The molecule has 1 rings (SSSR count). The van der Waals surface area contributed by atoms with Crippen molar-refractivity contribution in [3.63, 3.8) is 0 Å². The molecule has 1 aliphatic rings. The number of rotatable bonds is 16. The molecule has 0 heterocycles. The van der Waals surface area contributed by atoms with Crippen LogP contribution in [0.2, 0.25) is 0 Å². The average molecular weight is 430 g/mol. The highest BCUT2D eigenvalue weighted by Gasteiger charge is 2.20. The van der Waals surface area contributed by atoms with Crippen LogP contribution in [0.15, 0.2) is 24.4 Å². The van der Waals surface area contributed by atoms with Crippen LogP contribution in [0, 0.1) is 23.7 Å². The van der Waals surface area contributed by atoms with E-state index in [2.05, 4.69) is 48.5 Å². The molecule has 0 aliphatic heterocycles. The Kier molecular flexibility index (Phi) is 16.5. The summed E-state index contributed by atoms with van der Waals surface area (Å²) in [5.74, 6) is 7.26. The Morgan fingerprint density at radius 2 is 1.71 bits per heavy atom. The van der Waals surface area contributed by atoms with Gasteiger partial charge in [0.15, 0.2) is 0 Å². The molecule has 1 aliphatic carbocycles. The molecule has 0 aromatic carbocycles. The maximum Gasteiger partial charge on any atom is 0.315 e. The second-order valence-electron chi connectivity index (χ2n) is 8.94. The van der Waals surface area contributed by atoms with E-state index < -0.39 is 0 Å². The fraction of sp³-hybridized carbons (Fsp3) is 0.741. The Morgan fingerprint density at radius 1 is 1.06 bits per heavy atom. The molecule has 3 atom stereocenters. The number of hydrogen-bond donors (Lipinski definition) is 3. The summed E-state index contributed by atoms with van der Waals surface area (Å²) in [4.78, 5) is 12.3. The Bertz CT molecular complexity index is 573. The number of urea groups is 1. The molecule has 2 amide bonds. The van der Waals surface area contributed by atoms with Crippen molar-refractivity contribution in [3.05, 3.63) is 24.4 Å². The summed E-state index contributed by atoms with van der Waals surface area (Å²) in [7, 11) is 0. The molecule has 0 spiro atoms. The minimum absolute atomic E-state index is 0.0654. The molecular weight excluding hydrogens is 382 g/mol. The van der Waals surface area contributed by atoms with Crippen LogP contribution < -0.4 is 16.4 Å². The maximum absolute atomic E-state index is 12.3. The van der Waals surface area contributed by atoms with E-state index in [1.54, 1.807) is 0 Å². The van der Waals surface area contributed by atoms with Gasteiger partial charge in [0.1, 0.15) is 0 Å². The molecule has 0 saturated carbocycles. The quantitative estimate of drug-likeness (QED) is 0.150. The molecule has 4 N–H and O–H groups in total. The zero-order valence-electron chi connectivity index (χ0n) is 20.1. The molecular formula is C27H47N3O. The minimum atomic E-state index is -0.102. The highest BCUT2D eigenvalue weighted by atomic mass is 16.2. The van der Waals surface area contributed by atoms with Crippen molar-refractivity contribution in [1.29, 1.82) is 0 Å². The first-order chi connectivity index (χ1) is 15.2. The van der Waals surface area contributed by atoms with Crippen LogP contribution in [0.3, 0.4) is 0 Å². The lowest BCUT2D eigenvalue weighted by molar-refractivity contribution is 0.235. The summed E-state index contributed by atoms with van der Waals surface area (Å²) in [6, 6.07) is -0.167. The first-order valence-electron chi connectivity index (χ1n) is 12.7. The van der Waals surface area contributed by atoms with E-state index in [1.165, 1.54) is 70.4 Å². The van der Waals surface area contributed by atoms with Crippen LogP contribution >= 0.6 is 0 Å². The average Bonchev–Trinajstić information content (AvgIpc) is 2.74. The summed E-state index contributed by atoms with van der Waals surface area (Å²) >= 11 is 0. The fourth-order valence-corrected chi connectivity index (χ4v) is 4.11. The van der Waals surface area contributed by atoms with Gasteiger partial charge >= 0.3 is 6.03 Å². The SMILES string of the molecule is CCCCCCCCCCCCCNC(=O)NC(/C=C/N)CC1C/C=C\CC#CC1C.